The van der Waals surface area contributed by atoms with Gasteiger partial charge in [-0.2, -0.15) is 0 Å². The smallest absolute Gasteiger partial charge is 0.135 e. The summed E-state index contributed by atoms with van der Waals surface area (Å²) in [6, 6.07) is 0. The summed E-state index contributed by atoms with van der Waals surface area (Å²) in [4.78, 5) is 13.4. The molecule has 0 atom stereocenters. The van der Waals surface area contributed by atoms with Gasteiger partial charge in [0.25, 0.3) is 0 Å². The van der Waals surface area contributed by atoms with E-state index in [-0.39, 0.29) is 0 Å². The van der Waals surface area contributed by atoms with E-state index < -0.39 is 0 Å². The van der Waals surface area contributed by atoms with Crippen LogP contribution in [0.15, 0.2) is 10.9 Å². The van der Waals surface area contributed by atoms with Crippen LogP contribution in [0.1, 0.15) is 36.8 Å². The Balaban J connectivity index is 2.11. The van der Waals surface area contributed by atoms with Crippen LogP contribution in [-0.2, 0) is 6.42 Å². The van der Waals surface area contributed by atoms with Crippen molar-refractivity contribution in [2.45, 2.75) is 33.1 Å². The molecule has 0 unspecified atom stereocenters. The number of hydrogen-bond acceptors (Lipinski definition) is 6. The Kier molecular flexibility index (Phi) is 4.89. The fourth-order valence-electron chi connectivity index (χ4n) is 1.88. The number of hydrogen-bond donors (Lipinski definition) is 2. The molecule has 2 heterocycles. The highest BCUT2D eigenvalue weighted by atomic mass is 32.1. The van der Waals surface area contributed by atoms with E-state index in [9.17, 15) is 0 Å². The minimum absolute atomic E-state index is 0.307. The van der Waals surface area contributed by atoms with Crippen LogP contribution in [-0.4, -0.2) is 28.5 Å². The molecule has 0 aromatic carbocycles. The van der Waals surface area contributed by atoms with E-state index in [1.165, 1.54) is 0 Å². The second kappa shape index (κ2) is 6.65. The van der Waals surface area contributed by atoms with Gasteiger partial charge < -0.3 is 10.6 Å². The molecule has 0 aliphatic heterocycles. The van der Waals surface area contributed by atoms with Gasteiger partial charge in [0.2, 0.25) is 0 Å². The van der Waals surface area contributed by atoms with E-state index in [2.05, 4.69) is 44.8 Å². The Hall–Kier alpha value is -1.69. The fourth-order valence-corrected chi connectivity index (χ4v) is 2.47. The van der Waals surface area contributed by atoms with Crippen LogP contribution >= 0.6 is 11.3 Å². The molecule has 0 saturated carbocycles. The molecule has 20 heavy (non-hydrogen) atoms. The van der Waals surface area contributed by atoms with Crippen molar-refractivity contribution in [1.82, 2.24) is 15.0 Å². The molecular weight excluding hydrogens is 270 g/mol. The van der Waals surface area contributed by atoms with Gasteiger partial charge in [0, 0.05) is 36.9 Å². The number of rotatable bonds is 6. The number of aromatic nitrogens is 3. The van der Waals surface area contributed by atoms with Gasteiger partial charge in [-0.3, -0.25) is 0 Å². The zero-order valence-corrected chi connectivity index (χ0v) is 13.2. The first-order valence-electron chi connectivity index (χ1n) is 6.79. The van der Waals surface area contributed by atoms with Gasteiger partial charge in [0.15, 0.2) is 0 Å². The van der Waals surface area contributed by atoms with Crippen molar-refractivity contribution in [3.63, 3.8) is 0 Å². The zero-order chi connectivity index (χ0) is 14.5. The van der Waals surface area contributed by atoms with Crippen molar-refractivity contribution < 1.29 is 0 Å². The Morgan fingerprint density at radius 1 is 1.25 bits per heavy atom. The van der Waals surface area contributed by atoms with E-state index in [0.29, 0.717) is 5.92 Å². The maximum atomic E-state index is 4.62. The van der Waals surface area contributed by atoms with Crippen LogP contribution in [0, 0.1) is 6.92 Å². The summed E-state index contributed by atoms with van der Waals surface area (Å²) in [6.07, 6.45) is 0.902. The number of thiazole rings is 1. The van der Waals surface area contributed by atoms with Crippen molar-refractivity contribution in [1.29, 1.82) is 0 Å². The summed E-state index contributed by atoms with van der Waals surface area (Å²) in [5.41, 5.74) is 4.03. The van der Waals surface area contributed by atoms with Crippen molar-refractivity contribution in [3.05, 3.63) is 28.0 Å². The van der Waals surface area contributed by atoms with Gasteiger partial charge in [-0.1, -0.05) is 13.8 Å². The average Bonchev–Trinajstić information content (AvgIpc) is 2.93. The summed E-state index contributed by atoms with van der Waals surface area (Å²) in [6.45, 7) is 7.05. The third-order valence-corrected chi connectivity index (χ3v) is 3.71. The average molecular weight is 291 g/mol. The monoisotopic (exact) mass is 291 g/mol. The van der Waals surface area contributed by atoms with Gasteiger partial charge in [-0.05, 0) is 6.92 Å². The Labute approximate surface area is 123 Å². The van der Waals surface area contributed by atoms with Gasteiger partial charge in [-0.15, -0.1) is 11.3 Å². The molecule has 5 nitrogen and oxygen atoms in total. The molecule has 6 heteroatoms. The lowest BCUT2D eigenvalue weighted by Gasteiger charge is -2.14. The lowest BCUT2D eigenvalue weighted by molar-refractivity contribution is 0.772. The van der Waals surface area contributed by atoms with Crippen molar-refractivity contribution in [2.75, 3.05) is 24.2 Å². The minimum Gasteiger partial charge on any atom is -0.373 e. The van der Waals surface area contributed by atoms with E-state index in [4.69, 9.17) is 0 Å². The third kappa shape index (κ3) is 3.45. The van der Waals surface area contributed by atoms with Crippen LogP contribution in [0.2, 0.25) is 0 Å². The normalized spacial score (nSPS) is 10.8. The molecule has 0 radical (unpaired) electrons. The first kappa shape index (κ1) is 14.7. The number of nitrogens with zero attached hydrogens (tertiary/aromatic N) is 3. The van der Waals surface area contributed by atoms with E-state index in [1.807, 2.05) is 19.5 Å². The Morgan fingerprint density at radius 3 is 2.60 bits per heavy atom. The maximum Gasteiger partial charge on any atom is 0.135 e. The summed E-state index contributed by atoms with van der Waals surface area (Å²) >= 11 is 1.63. The molecule has 0 bridgehead atoms. The summed E-state index contributed by atoms with van der Waals surface area (Å²) in [5.74, 6) is 2.96. The highest BCUT2D eigenvalue weighted by molar-refractivity contribution is 7.07. The zero-order valence-electron chi connectivity index (χ0n) is 12.4. The van der Waals surface area contributed by atoms with Crippen molar-refractivity contribution in [2.24, 2.45) is 0 Å². The lowest BCUT2D eigenvalue weighted by atomic mass is 10.2. The SMILES string of the molecule is CNc1nc(C(C)C)nc(NCCc2cscn2)c1C. The molecule has 0 fully saturated rings. The number of nitrogens with one attached hydrogen (secondary N) is 2. The molecule has 0 saturated heterocycles. The van der Waals surface area contributed by atoms with Crippen LogP contribution in [0.5, 0.6) is 0 Å². The molecule has 0 aliphatic rings. The third-order valence-electron chi connectivity index (χ3n) is 3.07. The molecule has 0 amide bonds. The molecule has 2 rings (SSSR count). The minimum atomic E-state index is 0.307. The summed E-state index contributed by atoms with van der Waals surface area (Å²) in [5, 5.41) is 8.60. The van der Waals surface area contributed by atoms with E-state index >= 15 is 0 Å². The van der Waals surface area contributed by atoms with Crippen molar-refractivity contribution >= 4 is 23.0 Å². The van der Waals surface area contributed by atoms with Gasteiger partial charge in [0.1, 0.15) is 17.5 Å². The fraction of sp³-hybridized carbons (Fsp3) is 0.500. The summed E-state index contributed by atoms with van der Waals surface area (Å²) < 4.78 is 0. The van der Waals surface area contributed by atoms with Crippen LogP contribution in [0.4, 0.5) is 11.6 Å². The molecule has 2 N–H and O–H groups in total. The van der Waals surface area contributed by atoms with Crippen molar-refractivity contribution in [3.8, 4) is 0 Å². The molecule has 0 spiro atoms. The molecule has 0 aliphatic carbocycles. The van der Waals surface area contributed by atoms with Crippen LogP contribution in [0.3, 0.4) is 0 Å². The summed E-state index contributed by atoms with van der Waals surface area (Å²) in [7, 11) is 1.89. The highest BCUT2D eigenvalue weighted by Gasteiger charge is 2.12. The first-order chi connectivity index (χ1) is 9.61. The number of anilines is 2. The van der Waals surface area contributed by atoms with Crippen LogP contribution in [0.25, 0.3) is 0 Å². The van der Waals surface area contributed by atoms with E-state index in [1.54, 1.807) is 11.3 Å². The Bertz CT molecular complexity index is 551. The van der Waals surface area contributed by atoms with Gasteiger partial charge in [0.05, 0.1) is 11.2 Å². The standard InChI is InChI=1S/C14H21N5S/c1-9(2)12-18-13(15-4)10(3)14(19-12)16-6-5-11-7-20-8-17-11/h7-9H,5-6H2,1-4H3,(H2,15,16,18,19). The second-order valence-corrected chi connectivity index (χ2v) is 5.68. The predicted molar refractivity (Wildman–Crippen MR) is 84.7 cm³/mol. The quantitative estimate of drug-likeness (QED) is 0.856. The van der Waals surface area contributed by atoms with E-state index in [0.717, 1.165) is 41.7 Å². The highest BCUT2D eigenvalue weighted by Crippen LogP contribution is 2.22. The topological polar surface area (TPSA) is 62.7 Å². The predicted octanol–water partition coefficient (Wildman–Crippen LogP) is 3.06. The second-order valence-electron chi connectivity index (χ2n) is 4.97. The molecule has 2 aromatic heterocycles. The maximum absolute atomic E-state index is 4.62. The largest absolute Gasteiger partial charge is 0.373 e. The molecular formula is C14H21N5S. The molecule has 2 aromatic rings. The molecule has 108 valence electrons. The van der Waals surface area contributed by atoms with Crippen LogP contribution < -0.4 is 10.6 Å². The van der Waals surface area contributed by atoms with Gasteiger partial charge >= 0.3 is 0 Å². The van der Waals surface area contributed by atoms with Gasteiger partial charge in [-0.25, -0.2) is 15.0 Å². The first-order valence-corrected chi connectivity index (χ1v) is 7.73. The lowest BCUT2D eigenvalue weighted by Crippen LogP contribution is -2.12. The Morgan fingerprint density at radius 2 is 2.00 bits per heavy atom.